The first-order chi connectivity index (χ1) is 25.2. The number of pyridine rings is 3. The largest absolute Gasteiger partial charge is 0.248 e. The molecule has 9 aromatic rings. The van der Waals surface area contributed by atoms with Gasteiger partial charge in [0, 0.05) is 33.0 Å². The van der Waals surface area contributed by atoms with Crippen LogP contribution in [0.1, 0.15) is 5.56 Å². The molecule has 0 aliphatic heterocycles. The topological polar surface area (TPSA) is 38.7 Å². The molecule has 9 rings (SSSR count). The van der Waals surface area contributed by atoms with E-state index in [0.29, 0.717) is 0 Å². The van der Waals surface area contributed by atoms with Gasteiger partial charge in [0.2, 0.25) is 0 Å². The van der Waals surface area contributed by atoms with E-state index in [1.54, 1.807) is 0 Å². The highest BCUT2D eigenvalue weighted by atomic mass is 14.8. The van der Waals surface area contributed by atoms with E-state index in [1.165, 1.54) is 11.1 Å². The summed E-state index contributed by atoms with van der Waals surface area (Å²) < 4.78 is 0. The van der Waals surface area contributed by atoms with Crippen molar-refractivity contribution in [2.45, 2.75) is 6.92 Å². The van der Waals surface area contributed by atoms with Gasteiger partial charge < -0.3 is 0 Å². The zero-order valence-electron chi connectivity index (χ0n) is 28.2. The quantitative estimate of drug-likeness (QED) is 0.168. The molecule has 0 aliphatic rings. The van der Waals surface area contributed by atoms with Gasteiger partial charge in [0.1, 0.15) is 0 Å². The molecule has 3 heteroatoms. The fourth-order valence-corrected chi connectivity index (χ4v) is 6.86. The minimum Gasteiger partial charge on any atom is -0.248 e. The zero-order chi connectivity index (χ0) is 34.1. The predicted octanol–water partition coefficient (Wildman–Crippen LogP) is 12.5. The average molecular weight is 652 g/mol. The monoisotopic (exact) mass is 651 g/mol. The van der Waals surface area contributed by atoms with Gasteiger partial charge in [-0.25, -0.2) is 15.0 Å². The third kappa shape index (κ3) is 5.96. The Morgan fingerprint density at radius 2 is 0.706 bits per heavy atom. The number of aryl methyl sites for hydroxylation is 1. The third-order valence-electron chi connectivity index (χ3n) is 9.61. The Bertz CT molecular complexity index is 2590. The van der Waals surface area contributed by atoms with Crippen LogP contribution >= 0.6 is 0 Å². The lowest BCUT2D eigenvalue weighted by molar-refractivity contribution is 1.32. The van der Waals surface area contributed by atoms with Crippen molar-refractivity contribution in [3.63, 3.8) is 0 Å². The third-order valence-corrected chi connectivity index (χ3v) is 9.61. The molecule has 0 saturated heterocycles. The van der Waals surface area contributed by atoms with Crippen molar-refractivity contribution in [2.75, 3.05) is 0 Å². The Balaban J connectivity index is 1.04. The smallest absolute Gasteiger partial charge is 0.0975 e. The van der Waals surface area contributed by atoms with Crippen LogP contribution in [0.3, 0.4) is 0 Å². The molecule has 240 valence electrons. The maximum atomic E-state index is 5.21. The summed E-state index contributed by atoms with van der Waals surface area (Å²) in [5.41, 5.74) is 15.8. The molecule has 0 fully saturated rings. The molecule has 0 saturated carbocycles. The Kier molecular flexibility index (Phi) is 7.71. The van der Waals surface area contributed by atoms with Gasteiger partial charge in [0.05, 0.1) is 33.8 Å². The lowest BCUT2D eigenvalue weighted by Crippen LogP contribution is -1.93. The van der Waals surface area contributed by atoms with Crippen molar-refractivity contribution in [2.24, 2.45) is 0 Å². The fourth-order valence-electron chi connectivity index (χ4n) is 6.86. The molecule has 6 aromatic carbocycles. The van der Waals surface area contributed by atoms with E-state index in [2.05, 4.69) is 165 Å². The Hall–Kier alpha value is -6.71. The van der Waals surface area contributed by atoms with Gasteiger partial charge in [-0.05, 0) is 59.0 Å². The summed E-state index contributed by atoms with van der Waals surface area (Å²) in [7, 11) is 0. The summed E-state index contributed by atoms with van der Waals surface area (Å²) >= 11 is 0. The molecule has 0 N–H and O–H groups in total. The molecule has 0 radical (unpaired) electrons. The number of aromatic nitrogens is 3. The Morgan fingerprint density at radius 3 is 1.27 bits per heavy atom. The molecule has 3 aromatic heterocycles. The molecule has 51 heavy (non-hydrogen) atoms. The van der Waals surface area contributed by atoms with Gasteiger partial charge in [-0.3, -0.25) is 0 Å². The Morgan fingerprint density at radius 1 is 0.294 bits per heavy atom. The molecular formula is C48H33N3. The van der Waals surface area contributed by atoms with Crippen LogP contribution in [-0.2, 0) is 0 Å². The highest BCUT2D eigenvalue weighted by Crippen LogP contribution is 2.34. The number of hydrogen-bond donors (Lipinski definition) is 0. The van der Waals surface area contributed by atoms with Crippen molar-refractivity contribution in [3.8, 4) is 67.3 Å². The SMILES string of the molecule is Cc1cc(-c2ccc(-c3ccc(-c4cc(-c5ccccc5)cc(-c5ccccc5)n4)cc3)cc2)nc2c1ccc1ccc(-c3ccccc3)nc12. The molecular weight excluding hydrogens is 619 g/mol. The Labute approximate surface area is 297 Å². The highest BCUT2D eigenvalue weighted by molar-refractivity contribution is 6.05. The van der Waals surface area contributed by atoms with E-state index in [4.69, 9.17) is 15.0 Å². The second-order valence-electron chi connectivity index (χ2n) is 12.9. The zero-order valence-corrected chi connectivity index (χ0v) is 28.2. The van der Waals surface area contributed by atoms with Crippen molar-refractivity contribution >= 4 is 21.8 Å². The van der Waals surface area contributed by atoms with Crippen LogP contribution in [0.2, 0.25) is 0 Å². The lowest BCUT2D eigenvalue weighted by Gasteiger charge is -2.12. The van der Waals surface area contributed by atoms with E-state index in [1.807, 2.05) is 24.3 Å². The number of benzene rings is 6. The van der Waals surface area contributed by atoms with Crippen LogP contribution in [0.25, 0.3) is 89.1 Å². The lowest BCUT2D eigenvalue weighted by atomic mass is 9.97. The number of rotatable bonds is 6. The molecule has 0 unspecified atom stereocenters. The summed E-state index contributed by atoms with van der Waals surface area (Å²) in [5, 5.41) is 2.21. The minimum atomic E-state index is 0.926. The van der Waals surface area contributed by atoms with Crippen LogP contribution in [-0.4, -0.2) is 15.0 Å². The van der Waals surface area contributed by atoms with E-state index in [9.17, 15) is 0 Å². The van der Waals surface area contributed by atoms with Crippen molar-refractivity contribution in [1.82, 2.24) is 15.0 Å². The van der Waals surface area contributed by atoms with Crippen molar-refractivity contribution in [1.29, 1.82) is 0 Å². The normalized spacial score (nSPS) is 11.2. The maximum Gasteiger partial charge on any atom is 0.0975 e. The summed E-state index contributed by atoms with van der Waals surface area (Å²) in [5.74, 6) is 0. The molecule has 3 heterocycles. The van der Waals surface area contributed by atoms with E-state index in [-0.39, 0.29) is 0 Å². The van der Waals surface area contributed by atoms with Crippen LogP contribution in [0, 0.1) is 6.92 Å². The van der Waals surface area contributed by atoms with Crippen LogP contribution in [0.5, 0.6) is 0 Å². The second-order valence-corrected chi connectivity index (χ2v) is 12.9. The molecule has 0 aliphatic carbocycles. The van der Waals surface area contributed by atoms with E-state index in [0.717, 1.165) is 83.5 Å². The van der Waals surface area contributed by atoms with Gasteiger partial charge >= 0.3 is 0 Å². The molecule has 0 atom stereocenters. The minimum absolute atomic E-state index is 0.926. The first kappa shape index (κ1) is 30.4. The summed E-state index contributed by atoms with van der Waals surface area (Å²) in [6.07, 6.45) is 0. The van der Waals surface area contributed by atoms with Gasteiger partial charge in [0.15, 0.2) is 0 Å². The van der Waals surface area contributed by atoms with Crippen LogP contribution < -0.4 is 0 Å². The summed E-state index contributed by atoms with van der Waals surface area (Å²) in [6, 6.07) is 63.7. The van der Waals surface area contributed by atoms with Crippen molar-refractivity contribution < 1.29 is 0 Å². The van der Waals surface area contributed by atoms with E-state index < -0.39 is 0 Å². The second kappa shape index (κ2) is 13.0. The highest BCUT2D eigenvalue weighted by Gasteiger charge is 2.13. The summed E-state index contributed by atoms with van der Waals surface area (Å²) in [4.78, 5) is 15.4. The van der Waals surface area contributed by atoms with Crippen molar-refractivity contribution in [3.05, 3.63) is 188 Å². The fraction of sp³-hybridized carbons (Fsp3) is 0.0208. The van der Waals surface area contributed by atoms with Gasteiger partial charge in [-0.1, -0.05) is 158 Å². The number of nitrogens with zero attached hydrogens (tertiary/aromatic N) is 3. The average Bonchev–Trinajstić information content (AvgIpc) is 3.21. The first-order valence-electron chi connectivity index (χ1n) is 17.3. The number of fused-ring (bicyclic) bond motifs is 3. The number of hydrogen-bond acceptors (Lipinski definition) is 3. The van der Waals surface area contributed by atoms with Gasteiger partial charge in [-0.15, -0.1) is 0 Å². The maximum absolute atomic E-state index is 5.21. The molecule has 0 spiro atoms. The standard InChI is InChI=1S/C48H33N3/c1-32-29-44(51-48-42(32)27-25-40-26-28-43(50-47(40)48)36-13-7-3-8-14-36)38-21-17-34(18-22-38)35-19-23-39(24-20-35)46-31-41(33-11-5-2-6-12-33)30-45(49-46)37-15-9-4-10-16-37/h2-31H,1H3. The van der Waals surface area contributed by atoms with Crippen LogP contribution in [0.15, 0.2) is 182 Å². The molecule has 0 bridgehead atoms. The molecule has 0 amide bonds. The van der Waals surface area contributed by atoms with Gasteiger partial charge in [0.25, 0.3) is 0 Å². The summed E-state index contributed by atoms with van der Waals surface area (Å²) in [6.45, 7) is 2.16. The predicted molar refractivity (Wildman–Crippen MR) is 212 cm³/mol. The molecule has 3 nitrogen and oxygen atoms in total. The first-order valence-corrected chi connectivity index (χ1v) is 17.3. The van der Waals surface area contributed by atoms with Crippen LogP contribution in [0.4, 0.5) is 0 Å². The van der Waals surface area contributed by atoms with E-state index >= 15 is 0 Å². The van der Waals surface area contributed by atoms with Gasteiger partial charge in [-0.2, -0.15) is 0 Å².